The lowest BCUT2D eigenvalue weighted by atomic mass is 10.2. The Morgan fingerprint density at radius 2 is 2.25 bits per heavy atom. The van der Waals surface area contributed by atoms with Crippen molar-refractivity contribution in [3.63, 3.8) is 0 Å². The second kappa shape index (κ2) is 6.97. The maximum atomic E-state index is 11.8. The Hall–Kier alpha value is -1.23. The van der Waals surface area contributed by atoms with Gasteiger partial charge in [-0.2, -0.15) is 11.8 Å². The van der Waals surface area contributed by atoms with Gasteiger partial charge in [-0.3, -0.25) is 4.79 Å². The number of amides is 1. The van der Waals surface area contributed by atoms with Gasteiger partial charge in [0.25, 0.3) is 5.91 Å². The summed E-state index contributed by atoms with van der Waals surface area (Å²) in [5.74, 6) is 2.02. The van der Waals surface area contributed by atoms with Crippen molar-refractivity contribution < 1.29 is 4.79 Å². The number of carbonyl (C=O) groups is 1. The van der Waals surface area contributed by atoms with Crippen molar-refractivity contribution in [1.82, 2.24) is 9.88 Å². The average molecular weight is 293 g/mol. The minimum absolute atomic E-state index is 0.00988. The molecule has 1 aliphatic rings. The van der Waals surface area contributed by atoms with Crippen molar-refractivity contribution >= 4 is 23.5 Å². The van der Waals surface area contributed by atoms with Crippen LogP contribution in [0.3, 0.4) is 0 Å². The second-order valence-electron chi connectivity index (χ2n) is 5.31. The zero-order valence-electron chi connectivity index (χ0n) is 12.4. The molecule has 0 radical (unpaired) electrons. The number of pyridine rings is 1. The molecule has 0 bridgehead atoms. The van der Waals surface area contributed by atoms with Crippen LogP contribution in [0.1, 0.15) is 36.5 Å². The molecule has 4 nitrogen and oxygen atoms in total. The summed E-state index contributed by atoms with van der Waals surface area (Å²) in [4.78, 5) is 17.7. The van der Waals surface area contributed by atoms with Crippen molar-refractivity contribution in [2.24, 2.45) is 0 Å². The molecule has 0 unspecified atom stereocenters. The van der Waals surface area contributed by atoms with Crippen LogP contribution in [0.2, 0.25) is 0 Å². The summed E-state index contributed by atoms with van der Waals surface area (Å²) in [6, 6.07) is 4.25. The number of anilines is 1. The van der Waals surface area contributed by atoms with E-state index >= 15 is 0 Å². The van der Waals surface area contributed by atoms with E-state index in [0.717, 1.165) is 11.6 Å². The summed E-state index contributed by atoms with van der Waals surface area (Å²) < 4.78 is 0. The highest BCUT2D eigenvalue weighted by atomic mass is 32.2. The Bertz CT molecular complexity index is 447. The third-order valence-corrected chi connectivity index (χ3v) is 4.91. The van der Waals surface area contributed by atoms with Gasteiger partial charge in [0.15, 0.2) is 0 Å². The molecule has 1 heterocycles. The Kier molecular flexibility index (Phi) is 5.29. The van der Waals surface area contributed by atoms with Gasteiger partial charge in [0.1, 0.15) is 5.82 Å². The number of aromatic nitrogens is 1. The highest BCUT2D eigenvalue weighted by Crippen LogP contribution is 2.31. The number of nitrogens with zero attached hydrogens (tertiary/aromatic N) is 2. The van der Waals surface area contributed by atoms with Crippen LogP contribution in [0.4, 0.5) is 5.82 Å². The molecule has 0 saturated heterocycles. The van der Waals surface area contributed by atoms with Gasteiger partial charge in [0.2, 0.25) is 0 Å². The van der Waals surface area contributed by atoms with E-state index in [1.165, 1.54) is 19.3 Å². The molecule has 0 spiro atoms. The van der Waals surface area contributed by atoms with E-state index in [2.05, 4.69) is 17.2 Å². The summed E-state index contributed by atoms with van der Waals surface area (Å²) in [5, 5.41) is 4.20. The molecule has 2 atom stereocenters. The number of rotatable bonds is 5. The van der Waals surface area contributed by atoms with Gasteiger partial charge in [-0.25, -0.2) is 4.98 Å². The van der Waals surface area contributed by atoms with Crippen LogP contribution < -0.4 is 5.32 Å². The summed E-state index contributed by atoms with van der Waals surface area (Å²) in [6.07, 6.45) is 5.43. The van der Waals surface area contributed by atoms with Crippen LogP contribution in [0.15, 0.2) is 18.3 Å². The normalized spacial score (nSPS) is 21.8. The molecule has 20 heavy (non-hydrogen) atoms. The Balaban J connectivity index is 1.98. The second-order valence-corrected chi connectivity index (χ2v) is 6.82. The smallest absolute Gasteiger partial charge is 0.254 e. The first-order valence-electron chi connectivity index (χ1n) is 7.17. The maximum Gasteiger partial charge on any atom is 0.254 e. The van der Waals surface area contributed by atoms with Gasteiger partial charge in [-0.05, 0) is 30.7 Å². The number of nitrogens with one attached hydrogen (secondary N) is 1. The summed E-state index contributed by atoms with van der Waals surface area (Å²) in [7, 11) is 3.50. The van der Waals surface area contributed by atoms with Crippen molar-refractivity contribution in [2.45, 2.75) is 37.5 Å². The maximum absolute atomic E-state index is 11.8. The van der Waals surface area contributed by atoms with Crippen LogP contribution in [0.5, 0.6) is 0 Å². The molecule has 1 saturated carbocycles. The molecule has 110 valence electrons. The van der Waals surface area contributed by atoms with Crippen molar-refractivity contribution in [3.8, 4) is 0 Å². The van der Waals surface area contributed by atoms with Crippen LogP contribution >= 0.6 is 11.8 Å². The average Bonchev–Trinajstić information content (AvgIpc) is 2.86. The summed E-state index contributed by atoms with van der Waals surface area (Å²) in [6.45, 7) is 2.21. The molecular weight excluding hydrogens is 270 g/mol. The van der Waals surface area contributed by atoms with Crippen molar-refractivity contribution in [1.29, 1.82) is 0 Å². The molecule has 1 aliphatic carbocycles. The van der Waals surface area contributed by atoms with Crippen molar-refractivity contribution in [2.75, 3.05) is 25.2 Å². The minimum Gasteiger partial charge on any atom is -0.366 e. The topological polar surface area (TPSA) is 45.2 Å². The zero-order valence-corrected chi connectivity index (χ0v) is 13.2. The Labute approximate surface area is 125 Å². The van der Waals surface area contributed by atoms with Gasteiger partial charge in [-0.15, -0.1) is 0 Å². The number of hydrogen-bond acceptors (Lipinski definition) is 4. The molecular formula is C15H23N3OS. The molecule has 5 heteroatoms. The van der Waals surface area contributed by atoms with Gasteiger partial charge < -0.3 is 10.2 Å². The van der Waals surface area contributed by atoms with E-state index in [9.17, 15) is 4.79 Å². The molecule has 1 amide bonds. The molecule has 1 aromatic heterocycles. The van der Waals surface area contributed by atoms with Crippen LogP contribution in [0, 0.1) is 0 Å². The quantitative estimate of drug-likeness (QED) is 0.906. The first-order valence-corrected chi connectivity index (χ1v) is 8.22. The summed E-state index contributed by atoms with van der Waals surface area (Å²) in [5.41, 5.74) is 0.631. The monoisotopic (exact) mass is 293 g/mol. The van der Waals surface area contributed by atoms with E-state index in [4.69, 9.17) is 0 Å². The predicted octanol–water partition coefficient (Wildman–Crippen LogP) is 2.87. The number of carbonyl (C=O) groups excluding carboxylic acids is 1. The van der Waals surface area contributed by atoms with Crippen molar-refractivity contribution in [3.05, 3.63) is 23.9 Å². The summed E-state index contributed by atoms with van der Waals surface area (Å²) >= 11 is 2.03. The van der Waals surface area contributed by atoms with Gasteiger partial charge in [0.05, 0.1) is 5.56 Å². The third kappa shape index (κ3) is 3.66. The lowest BCUT2D eigenvalue weighted by molar-refractivity contribution is 0.0827. The van der Waals surface area contributed by atoms with E-state index in [1.54, 1.807) is 25.2 Å². The molecule has 2 rings (SSSR count). The lowest BCUT2D eigenvalue weighted by Crippen LogP contribution is -2.27. The first kappa shape index (κ1) is 15.2. The Morgan fingerprint density at radius 1 is 1.45 bits per heavy atom. The Morgan fingerprint density at radius 3 is 2.85 bits per heavy atom. The number of thioether (sulfide) groups is 1. The fourth-order valence-corrected chi connectivity index (χ4v) is 3.76. The van der Waals surface area contributed by atoms with Crippen LogP contribution in [0.25, 0.3) is 0 Å². The van der Waals surface area contributed by atoms with E-state index in [0.29, 0.717) is 16.9 Å². The van der Waals surface area contributed by atoms with Crippen LogP contribution in [-0.2, 0) is 0 Å². The standard InChI is InChI=1S/C15H23N3OS/c1-4-20-13-7-5-6-12(13)17-14-9-8-11(10-16-14)15(19)18(2)3/h8-10,12-13H,4-7H2,1-3H3,(H,16,17)/t12-,13+/m1/s1. The molecule has 1 N–H and O–H groups in total. The first-order chi connectivity index (χ1) is 9.61. The molecule has 1 fully saturated rings. The fraction of sp³-hybridized carbons (Fsp3) is 0.600. The van der Waals surface area contributed by atoms with Crippen LogP contribution in [-0.4, -0.2) is 46.9 Å². The SMILES string of the molecule is CCS[C@H]1CCC[C@H]1Nc1ccc(C(=O)N(C)C)cn1. The van der Waals surface area contributed by atoms with Gasteiger partial charge >= 0.3 is 0 Å². The largest absolute Gasteiger partial charge is 0.366 e. The predicted molar refractivity (Wildman–Crippen MR) is 85.4 cm³/mol. The highest BCUT2D eigenvalue weighted by Gasteiger charge is 2.27. The zero-order chi connectivity index (χ0) is 14.5. The van der Waals surface area contributed by atoms with Gasteiger partial charge in [0, 0.05) is 31.6 Å². The lowest BCUT2D eigenvalue weighted by Gasteiger charge is -2.20. The van der Waals surface area contributed by atoms with E-state index < -0.39 is 0 Å². The minimum atomic E-state index is -0.00988. The highest BCUT2D eigenvalue weighted by molar-refractivity contribution is 7.99. The third-order valence-electron chi connectivity index (χ3n) is 3.58. The molecule has 0 aliphatic heterocycles. The number of hydrogen-bond donors (Lipinski definition) is 1. The van der Waals surface area contributed by atoms with Gasteiger partial charge in [-0.1, -0.05) is 13.3 Å². The fourth-order valence-electron chi connectivity index (χ4n) is 2.56. The molecule has 0 aromatic carbocycles. The van der Waals surface area contributed by atoms with E-state index in [-0.39, 0.29) is 5.91 Å². The molecule has 1 aromatic rings. The van der Waals surface area contributed by atoms with E-state index in [1.807, 2.05) is 23.9 Å².